The number of nitrogens with one attached hydrogen (secondary N) is 1. The van der Waals surface area contributed by atoms with Crippen LogP contribution in [-0.4, -0.2) is 0 Å². The van der Waals surface area contributed by atoms with E-state index in [1.54, 1.807) is 0 Å². The van der Waals surface area contributed by atoms with Gasteiger partial charge in [-0.1, -0.05) is 23.8 Å². The molecule has 0 aromatic heterocycles. The molecule has 2 rings (SSSR count). The summed E-state index contributed by atoms with van der Waals surface area (Å²) in [7, 11) is 0. The maximum atomic E-state index is 5.65. The first-order valence-corrected chi connectivity index (χ1v) is 5.82. The maximum absolute atomic E-state index is 5.65. The lowest BCUT2D eigenvalue weighted by Gasteiger charge is -2.09. The zero-order valence-corrected chi connectivity index (χ0v) is 10.3. The molecular formula is C15H18N2. The molecule has 17 heavy (non-hydrogen) atoms. The minimum atomic E-state index is 0.594. The van der Waals surface area contributed by atoms with Crippen molar-refractivity contribution >= 4 is 11.4 Å². The van der Waals surface area contributed by atoms with Crippen molar-refractivity contribution in [1.82, 2.24) is 0 Å². The lowest BCUT2D eigenvalue weighted by Crippen LogP contribution is -1.99. The average Bonchev–Trinajstić information content (AvgIpc) is 2.32. The predicted octanol–water partition coefficient (Wildman–Crippen LogP) is 3.51. The minimum absolute atomic E-state index is 0.594. The highest BCUT2D eigenvalue weighted by Crippen LogP contribution is 2.20. The molecule has 0 bridgehead atoms. The summed E-state index contributed by atoms with van der Waals surface area (Å²) in [6.07, 6.45) is 0. The Morgan fingerprint density at radius 1 is 0.941 bits per heavy atom. The molecule has 0 saturated carbocycles. The van der Waals surface area contributed by atoms with Gasteiger partial charge in [-0.05, 0) is 49.2 Å². The third-order valence-electron chi connectivity index (χ3n) is 2.90. The van der Waals surface area contributed by atoms with Gasteiger partial charge in [0.15, 0.2) is 0 Å². The Kier molecular flexibility index (Phi) is 3.45. The Hall–Kier alpha value is -1.80. The van der Waals surface area contributed by atoms with Gasteiger partial charge in [0, 0.05) is 17.9 Å². The van der Waals surface area contributed by atoms with Crippen molar-refractivity contribution in [2.75, 3.05) is 5.32 Å². The van der Waals surface area contributed by atoms with Gasteiger partial charge in [-0.15, -0.1) is 0 Å². The van der Waals surface area contributed by atoms with Crippen LogP contribution in [0.2, 0.25) is 0 Å². The lowest BCUT2D eigenvalue weighted by atomic mass is 10.1. The third-order valence-corrected chi connectivity index (χ3v) is 2.90. The van der Waals surface area contributed by atoms with Gasteiger partial charge in [-0.3, -0.25) is 0 Å². The fraction of sp³-hybridized carbons (Fsp3) is 0.200. The van der Waals surface area contributed by atoms with Gasteiger partial charge in [0.05, 0.1) is 0 Å². The zero-order valence-electron chi connectivity index (χ0n) is 10.3. The first kappa shape index (κ1) is 11.7. The van der Waals surface area contributed by atoms with Crippen LogP contribution in [0.25, 0.3) is 0 Å². The summed E-state index contributed by atoms with van der Waals surface area (Å²) in [5.41, 5.74) is 11.5. The number of anilines is 2. The molecule has 2 heteroatoms. The number of aryl methyl sites for hydroxylation is 2. The second-order valence-corrected chi connectivity index (χ2v) is 4.34. The van der Waals surface area contributed by atoms with Crippen molar-refractivity contribution in [3.63, 3.8) is 0 Å². The van der Waals surface area contributed by atoms with Gasteiger partial charge in [0.1, 0.15) is 0 Å². The molecule has 0 spiro atoms. The third kappa shape index (κ3) is 2.86. The van der Waals surface area contributed by atoms with Crippen LogP contribution in [0.3, 0.4) is 0 Å². The van der Waals surface area contributed by atoms with Crippen molar-refractivity contribution < 1.29 is 0 Å². The first-order chi connectivity index (χ1) is 8.19. The van der Waals surface area contributed by atoms with E-state index < -0.39 is 0 Å². The summed E-state index contributed by atoms with van der Waals surface area (Å²) in [6, 6.07) is 14.6. The van der Waals surface area contributed by atoms with Gasteiger partial charge < -0.3 is 11.1 Å². The molecule has 2 aromatic rings. The van der Waals surface area contributed by atoms with Gasteiger partial charge >= 0.3 is 0 Å². The van der Waals surface area contributed by atoms with Gasteiger partial charge in [0.25, 0.3) is 0 Å². The molecule has 0 radical (unpaired) electrons. The van der Waals surface area contributed by atoms with E-state index in [-0.39, 0.29) is 0 Å². The SMILES string of the molecule is Cc1ccc(Nc2ccc(CN)c(C)c2)cc1. The van der Waals surface area contributed by atoms with E-state index in [1.807, 2.05) is 0 Å². The molecule has 0 saturated heterocycles. The van der Waals surface area contributed by atoms with Crippen molar-refractivity contribution in [2.24, 2.45) is 5.73 Å². The van der Waals surface area contributed by atoms with Crippen LogP contribution in [0, 0.1) is 13.8 Å². The monoisotopic (exact) mass is 226 g/mol. The van der Waals surface area contributed by atoms with E-state index in [4.69, 9.17) is 5.73 Å². The number of benzene rings is 2. The van der Waals surface area contributed by atoms with Crippen LogP contribution in [-0.2, 0) is 6.54 Å². The Labute approximate surface area is 102 Å². The van der Waals surface area contributed by atoms with Crippen LogP contribution in [0.5, 0.6) is 0 Å². The Morgan fingerprint density at radius 3 is 2.18 bits per heavy atom. The zero-order chi connectivity index (χ0) is 12.3. The van der Waals surface area contributed by atoms with Crippen LogP contribution in [0.4, 0.5) is 11.4 Å². The smallest absolute Gasteiger partial charge is 0.0387 e. The number of hydrogen-bond donors (Lipinski definition) is 2. The second kappa shape index (κ2) is 5.02. The average molecular weight is 226 g/mol. The highest BCUT2D eigenvalue weighted by Gasteiger charge is 1.99. The normalized spacial score (nSPS) is 10.3. The Bertz CT molecular complexity index is 501. The first-order valence-electron chi connectivity index (χ1n) is 5.82. The fourth-order valence-electron chi connectivity index (χ4n) is 1.81. The predicted molar refractivity (Wildman–Crippen MR) is 73.5 cm³/mol. The van der Waals surface area contributed by atoms with Crippen LogP contribution in [0.15, 0.2) is 42.5 Å². The van der Waals surface area contributed by atoms with Crippen molar-refractivity contribution in [1.29, 1.82) is 0 Å². The van der Waals surface area contributed by atoms with E-state index in [0.717, 1.165) is 11.4 Å². The summed E-state index contributed by atoms with van der Waals surface area (Å²) in [5.74, 6) is 0. The van der Waals surface area contributed by atoms with Gasteiger partial charge in [-0.25, -0.2) is 0 Å². The molecule has 88 valence electrons. The molecule has 0 aliphatic heterocycles. The molecule has 2 nitrogen and oxygen atoms in total. The van der Waals surface area contributed by atoms with Crippen LogP contribution >= 0.6 is 0 Å². The second-order valence-electron chi connectivity index (χ2n) is 4.34. The highest BCUT2D eigenvalue weighted by molar-refractivity contribution is 5.61. The summed E-state index contributed by atoms with van der Waals surface area (Å²) in [5, 5.41) is 3.38. The van der Waals surface area contributed by atoms with E-state index in [1.165, 1.54) is 16.7 Å². The minimum Gasteiger partial charge on any atom is -0.356 e. The van der Waals surface area contributed by atoms with E-state index >= 15 is 0 Å². The van der Waals surface area contributed by atoms with Gasteiger partial charge in [0.2, 0.25) is 0 Å². The lowest BCUT2D eigenvalue weighted by molar-refractivity contribution is 1.05. The number of hydrogen-bond acceptors (Lipinski definition) is 2. The van der Waals surface area contributed by atoms with Gasteiger partial charge in [-0.2, -0.15) is 0 Å². The quantitative estimate of drug-likeness (QED) is 0.840. The molecule has 0 fully saturated rings. The van der Waals surface area contributed by atoms with E-state index in [0.29, 0.717) is 6.54 Å². The molecule has 0 heterocycles. The Balaban J connectivity index is 2.19. The molecule has 0 unspecified atom stereocenters. The van der Waals surface area contributed by atoms with Crippen molar-refractivity contribution in [3.05, 3.63) is 59.2 Å². The topological polar surface area (TPSA) is 38.0 Å². The van der Waals surface area contributed by atoms with E-state index in [9.17, 15) is 0 Å². The van der Waals surface area contributed by atoms with Crippen molar-refractivity contribution in [3.8, 4) is 0 Å². The van der Waals surface area contributed by atoms with Crippen molar-refractivity contribution in [2.45, 2.75) is 20.4 Å². The number of nitrogens with two attached hydrogens (primary N) is 1. The summed E-state index contributed by atoms with van der Waals surface area (Å²) in [4.78, 5) is 0. The largest absolute Gasteiger partial charge is 0.356 e. The summed E-state index contributed by atoms with van der Waals surface area (Å²) >= 11 is 0. The molecule has 3 N–H and O–H groups in total. The highest BCUT2D eigenvalue weighted by atomic mass is 14.9. The molecule has 0 aliphatic rings. The summed E-state index contributed by atoms with van der Waals surface area (Å²) < 4.78 is 0. The maximum Gasteiger partial charge on any atom is 0.0387 e. The summed E-state index contributed by atoms with van der Waals surface area (Å²) in [6.45, 7) is 4.77. The molecule has 0 atom stereocenters. The Morgan fingerprint density at radius 2 is 1.59 bits per heavy atom. The molecule has 0 amide bonds. The van der Waals surface area contributed by atoms with Crippen LogP contribution in [0.1, 0.15) is 16.7 Å². The molecule has 0 aliphatic carbocycles. The fourth-order valence-corrected chi connectivity index (χ4v) is 1.81. The molecular weight excluding hydrogens is 208 g/mol. The van der Waals surface area contributed by atoms with E-state index in [2.05, 4.69) is 61.6 Å². The van der Waals surface area contributed by atoms with Crippen LogP contribution < -0.4 is 11.1 Å². The number of rotatable bonds is 3. The molecule has 2 aromatic carbocycles. The standard InChI is InChI=1S/C15H18N2/c1-11-3-6-14(7-4-11)17-15-8-5-13(10-16)12(2)9-15/h3-9,17H,10,16H2,1-2H3.